The summed E-state index contributed by atoms with van der Waals surface area (Å²) in [6, 6.07) is 0. The van der Waals surface area contributed by atoms with Gasteiger partial charge in [-0.2, -0.15) is 0 Å². The van der Waals surface area contributed by atoms with Gasteiger partial charge in [0.1, 0.15) is 0 Å². The summed E-state index contributed by atoms with van der Waals surface area (Å²) in [5.74, 6) is 0. The zero-order valence-electron chi connectivity index (χ0n) is 16.0. The molecule has 5 nitrogen and oxygen atoms in total. The van der Waals surface area contributed by atoms with Crippen LogP contribution < -0.4 is 0 Å². The molecular formula is C16H37NO4S. The average Bonchev–Trinajstić information content (AvgIpc) is 2.39. The Labute approximate surface area is 139 Å². The van der Waals surface area contributed by atoms with E-state index in [-0.39, 0.29) is 1.43 Å². The van der Waals surface area contributed by atoms with Crippen LogP contribution in [0.3, 0.4) is 0 Å². The lowest BCUT2D eigenvalue weighted by Gasteiger charge is -2.28. The molecule has 0 atom stereocenters. The molecule has 0 aromatic heterocycles. The van der Waals surface area contributed by atoms with E-state index in [9.17, 15) is 0 Å². The summed E-state index contributed by atoms with van der Waals surface area (Å²) in [5, 5.41) is 0. The average molecular weight is 340 g/mol. The van der Waals surface area contributed by atoms with Gasteiger partial charge < -0.3 is 13.6 Å². The van der Waals surface area contributed by atoms with Crippen molar-refractivity contribution < 1.29 is 23.4 Å². The van der Waals surface area contributed by atoms with E-state index in [1.807, 2.05) is 0 Å². The van der Waals surface area contributed by atoms with Crippen LogP contribution in [0, 0.1) is 0 Å². The van der Waals surface area contributed by atoms with Crippen LogP contribution in [-0.2, 0) is 10.4 Å². The second-order valence-corrected chi connectivity index (χ2v) is 7.38. The Kier molecular flexibility index (Phi) is 15.8. The van der Waals surface area contributed by atoms with E-state index < -0.39 is 10.4 Å². The van der Waals surface area contributed by atoms with Crippen LogP contribution in [0.2, 0.25) is 0 Å². The summed E-state index contributed by atoms with van der Waals surface area (Å²) in [6.45, 7) is 7.19. The molecule has 6 heteroatoms. The van der Waals surface area contributed by atoms with Crippen LogP contribution in [-0.4, -0.2) is 49.2 Å². The third kappa shape index (κ3) is 28.1. The van der Waals surface area contributed by atoms with Crippen molar-refractivity contribution in [2.45, 2.75) is 78.1 Å². The Bertz CT molecular complexity index is 327. The number of quaternary nitrogens is 1. The van der Waals surface area contributed by atoms with Gasteiger partial charge in [0.2, 0.25) is 0 Å². The Morgan fingerprint density at radius 1 is 0.773 bits per heavy atom. The second-order valence-electron chi connectivity index (χ2n) is 6.57. The van der Waals surface area contributed by atoms with Crippen molar-refractivity contribution >= 4 is 10.4 Å². The second kappa shape index (κ2) is 14.4. The molecule has 0 aliphatic heterocycles. The number of unbranched alkanes of at least 4 members (excludes halogenated alkanes) is 9. The number of rotatable bonds is 12. The molecule has 0 saturated heterocycles. The van der Waals surface area contributed by atoms with Crippen LogP contribution >= 0.6 is 0 Å². The highest BCUT2D eigenvalue weighted by Gasteiger charge is 2.09. The minimum Gasteiger partial charge on any atom is -0.759 e. The summed E-state index contributed by atoms with van der Waals surface area (Å²) in [5.41, 5.74) is 0. The highest BCUT2D eigenvalue weighted by atomic mass is 32.3. The SMILES string of the molecule is CCCCCCCCCCCC[N+](C)(C)CC.O=S(=O)([O-])[O-].[H+]. The molecule has 0 aromatic carbocycles. The van der Waals surface area contributed by atoms with Gasteiger partial charge >= 0.3 is 1.43 Å². The molecule has 136 valence electrons. The fourth-order valence-corrected chi connectivity index (χ4v) is 2.19. The molecule has 0 radical (unpaired) electrons. The van der Waals surface area contributed by atoms with Gasteiger partial charge in [-0.05, 0) is 19.8 Å². The van der Waals surface area contributed by atoms with Crippen molar-refractivity contribution in [3.05, 3.63) is 0 Å². The van der Waals surface area contributed by atoms with Crippen molar-refractivity contribution in [1.29, 1.82) is 0 Å². The van der Waals surface area contributed by atoms with Gasteiger partial charge in [-0.25, -0.2) is 0 Å². The standard InChI is InChI=1S/C16H36N.H2O4S/c1-5-7-8-9-10-11-12-13-14-15-16-17(3,4)6-2;1-5(2,3)4/h5-16H2,1-4H3;(H2,1,2,3,4)/q+1;/p-1. The fraction of sp³-hybridized carbons (Fsp3) is 1.00. The molecular weight excluding hydrogens is 302 g/mol. The third-order valence-electron chi connectivity index (χ3n) is 3.97. The van der Waals surface area contributed by atoms with Gasteiger partial charge in [-0.3, -0.25) is 8.42 Å². The first-order chi connectivity index (χ1) is 10.1. The molecule has 0 fully saturated rings. The quantitative estimate of drug-likeness (QED) is 0.234. The van der Waals surface area contributed by atoms with Gasteiger partial charge in [-0.15, -0.1) is 0 Å². The fourth-order valence-electron chi connectivity index (χ4n) is 2.19. The topological polar surface area (TPSA) is 80.3 Å². The van der Waals surface area contributed by atoms with E-state index in [0.29, 0.717) is 0 Å². The van der Waals surface area contributed by atoms with E-state index in [1.165, 1.54) is 81.8 Å². The maximum absolute atomic E-state index is 8.52. The molecule has 0 heterocycles. The first-order valence-electron chi connectivity index (χ1n) is 8.61. The van der Waals surface area contributed by atoms with Gasteiger partial charge in [0.25, 0.3) is 0 Å². The smallest absolute Gasteiger partial charge is 0.759 e. The monoisotopic (exact) mass is 339 g/mol. The molecule has 0 aliphatic rings. The highest BCUT2D eigenvalue weighted by Crippen LogP contribution is 2.11. The lowest BCUT2D eigenvalue weighted by atomic mass is 10.1. The summed E-state index contributed by atoms with van der Waals surface area (Å²) in [4.78, 5) is 0. The van der Waals surface area contributed by atoms with Crippen LogP contribution in [0.25, 0.3) is 0 Å². The number of hydrogen-bond acceptors (Lipinski definition) is 4. The Hall–Kier alpha value is -0.170. The minimum absolute atomic E-state index is 0. The van der Waals surface area contributed by atoms with Crippen LogP contribution in [0.5, 0.6) is 0 Å². The van der Waals surface area contributed by atoms with Gasteiger partial charge in [0.15, 0.2) is 0 Å². The van der Waals surface area contributed by atoms with Gasteiger partial charge in [-0.1, -0.05) is 58.3 Å². The molecule has 0 aliphatic carbocycles. The molecule has 0 aromatic rings. The molecule has 0 unspecified atom stereocenters. The highest BCUT2D eigenvalue weighted by molar-refractivity contribution is 7.79. The van der Waals surface area contributed by atoms with Crippen molar-refractivity contribution in [2.24, 2.45) is 0 Å². The lowest BCUT2D eigenvalue weighted by Crippen LogP contribution is -2.39. The van der Waals surface area contributed by atoms with E-state index in [2.05, 4.69) is 27.9 Å². The predicted molar refractivity (Wildman–Crippen MR) is 90.9 cm³/mol. The lowest BCUT2D eigenvalue weighted by molar-refractivity contribution is -0.888. The summed E-state index contributed by atoms with van der Waals surface area (Å²) >= 11 is 0. The molecule has 0 rings (SSSR count). The van der Waals surface area contributed by atoms with Crippen LogP contribution in [0.4, 0.5) is 0 Å². The number of hydrogen-bond donors (Lipinski definition) is 0. The van der Waals surface area contributed by atoms with Crippen LogP contribution in [0.1, 0.15) is 79.5 Å². The largest absolute Gasteiger partial charge is 1.00 e. The number of nitrogens with zero attached hydrogens (tertiary/aromatic N) is 1. The predicted octanol–water partition coefficient (Wildman–Crippen LogP) is 3.78. The Morgan fingerprint density at radius 3 is 1.41 bits per heavy atom. The zero-order valence-corrected chi connectivity index (χ0v) is 15.8. The van der Waals surface area contributed by atoms with Gasteiger partial charge in [0.05, 0.1) is 27.2 Å². The molecule has 0 N–H and O–H groups in total. The summed E-state index contributed by atoms with van der Waals surface area (Å²) in [6.07, 6.45) is 14.4. The molecule has 0 bridgehead atoms. The molecule has 0 saturated carbocycles. The minimum atomic E-state index is -5.17. The maximum atomic E-state index is 8.52. The van der Waals surface area contributed by atoms with E-state index in [1.54, 1.807) is 0 Å². The molecule has 0 amide bonds. The first kappa shape index (κ1) is 24.1. The Balaban J connectivity index is -0.000000578. The van der Waals surface area contributed by atoms with Crippen LogP contribution in [0.15, 0.2) is 0 Å². The maximum Gasteiger partial charge on any atom is 1.00 e. The van der Waals surface area contributed by atoms with Gasteiger partial charge in [0, 0.05) is 10.4 Å². The Morgan fingerprint density at radius 2 is 1.09 bits per heavy atom. The van der Waals surface area contributed by atoms with Crippen molar-refractivity contribution in [3.8, 4) is 0 Å². The normalized spacial score (nSPS) is 11.9. The van der Waals surface area contributed by atoms with Crippen molar-refractivity contribution in [1.82, 2.24) is 0 Å². The zero-order chi connectivity index (χ0) is 17.5. The summed E-state index contributed by atoms with van der Waals surface area (Å²) < 4.78 is 35.3. The van der Waals surface area contributed by atoms with Crippen molar-refractivity contribution in [2.75, 3.05) is 27.2 Å². The molecule has 22 heavy (non-hydrogen) atoms. The van der Waals surface area contributed by atoms with E-state index in [0.717, 1.165) is 0 Å². The van der Waals surface area contributed by atoms with Crippen molar-refractivity contribution in [3.63, 3.8) is 0 Å². The van der Waals surface area contributed by atoms with E-state index in [4.69, 9.17) is 17.5 Å². The van der Waals surface area contributed by atoms with E-state index >= 15 is 0 Å². The summed E-state index contributed by atoms with van der Waals surface area (Å²) in [7, 11) is -0.485. The first-order valence-corrected chi connectivity index (χ1v) is 9.94. The third-order valence-corrected chi connectivity index (χ3v) is 3.97. The molecule has 0 spiro atoms.